The third-order valence-corrected chi connectivity index (χ3v) is 6.31. The van der Waals surface area contributed by atoms with Crippen LogP contribution in [0.25, 0.3) is 0 Å². The molecule has 1 heterocycles. The summed E-state index contributed by atoms with van der Waals surface area (Å²) in [4.78, 5) is 0. The minimum absolute atomic E-state index is 0.00487. The summed E-state index contributed by atoms with van der Waals surface area (Å²) >= 11 is 0. The van der Waals surface area contributed by atoms with Crippen molar-refractivity contribution in [3.63, 3.8) is 0 Å². The molecule has 0 amide bonds. The van der Waals surface area contributed by atoms with Crippen LogP contribution in [0.1, 0.15) is 25.3 Å². The zero-order valence-electron chi connectivity index (χ0n) is 11.5. The zero-order valence-corrected chi connectivity index (χ0v) is 12.3. The van der Waals surface area contributed by atoms with Gasteiger partial charge in [-0.2, -0.15) is 0 Å². The van der Waals surface area contributed by atoms with Gasteiger partial charge < -0.3 is 10.8 Å². The molecular weight excluding hydrogens is 281 g/mol. The van der Waals surface area contributed by atoms with Crippen LogP contribution in [0.15, 0.2) is 24.3 Å². The zero-order chi connectivity index (χ0) is 15.0. The quantitative estimate of drug-likeness (QED) is 0.875. The Morgan fingerprint density at radius 2 is 2.10 bits per heavy atom. The molecule has 1 aromatic rings. The molecule has 112 valence electrons. The van der Waals surface area contributed by atoms with Crippen LogP contribution in [-0.4, -0.2) is 31.6 Å². The highest BCUT2D eigenvalue weighted by molar-refractivity contribution is 7.91. The van der Waals surface area contributed by atoms with Crippen molar-refractivity contribution in [3.8, 4) is 0 Å². The molecule has 1 aromatic carbocycles. The van der Waals surface area contributed by atoms with Crippen molar-refractivity contribution in [1.82, 2.24) is 0 Å². The lowest BCUT2D eigenvalue weighted by molar-refractivity contribution is -0.0803. The standard InChI is InChI=1S/C14H20FNO3S/c1-2-14(17,11-5-3-4-6-12(11)15)13(9-16)7-8-20(18,19)10-13/h3-6,17H,2,7-10,16H2,1H3. The van der Waals surface area contributed by atoms with Gasteiger partial charge in [0.2, 0.25) is 0 Å². The van der Waals surface area contributed by atoms with Gasteiger partial charge >= 0.3 is 0 Å². The summed E-state index contributed by atoms with van der Waals surface area (Å²) in [6.07, 6.45) is 0.463. The molecule has 1 aliphatic heterocycles. The van der Waals surface area contributed by atoms with Gasteiger partial charge in [0.15, 0.2) is 9.84 Å². The molecule has 1 saturated heterocycles. The van der Waals surface area contributed by atoms with Crippen molar-refractivity contribution < 1.29 is 17.9 Å². The lowest BCUT2D eigenvalue weighted by Crippen LogP contribution is -2.51. The Balaban J connectivity index is 2.58. The summed E-state index contributed by atoms with van der Waals surface area (Å²) < 4.78 is 37.7. The smallest absolute Gasteiger partial charge is 0.151 e. The average molecular weight is 301 g/mol. The van der Waals surface area contributed by atoms with E-state index in [0.717, 1.165) is 0 Å². The fourth-order valence-corrected chi connectivity index (χ4v) is 5.41. The molecule has 3 N–H and O–H groups in total. The highest BCUT2D eigenvalue weighted by Gasteiger charge is 2.56. The van der Waals surface area contributed by atoms with Crippen molar-refractivity contribution in [2.45, 2.75) is 25.4 Å². The monoisotopic (exact) mass is 301 g/mol. The lowest BCUT2D eigenvalue weighted by Gasteiger charge is -2.43. The summed E-state index contributed by atoms with van der Waals surface area (Å²) in [7, 11) is -3.24. The minimum Gasteiger partial charge on any atom is -0.384 e. The van der Waals surface area contributed by atoms with E-state index in [2.05, 4.69) is 0 Å². The number of sulfone groups is 1. The Hall–Kier alpha value is -0.980. The maximum atomic E-state index is 14.1. The first kappa shape index (κ1) is 15.4. The minimum atomic E-state index is -3.24. The normalized spacial score (nSPS) is 28.2. The van der Waals surface area contributed by atoms with Gasteiger partial charge in [-0.25, -0.2) is 12.8 Å². The molecular formula is C14H20FNO3S. The second kappa shape index (κ2) is 5.09. The summed E-state index contributed by atoms with van der Waals surface area (Å²) in [5.41, 5.74) is 3.32. The largest absolute Gasteiger partial charge is 0.384 e. The lowest BCUT2D eigenvalue weighted by atomic mass is 9.66. The van der Waals surface area contributed by atoms with Gasteiger partial charge in [0.05, 0.1) is 17.1 Å². The first-order valence-corrected chi connectivity index (χ1v) is 8.50. The van der Waals surface area contributed by atoms with Crippen molar-refractivity contribution in [2.75, 3.05) is 18.1 Å². The van der Waals surface area contributed by atoms with E-state index in [1.165, 1.54) is 18.2 Å². The molecule has 0 radical (unpaired) electrons. The Labute approximate surface area is 118 Å². The number of benzene rings is 1. The van der Waals surface area contributed by atoms with Gasteiger partial charge in [-0.3, -0.25) is 0 Å². The average Bonchev–Trinajstić information content (AvgIpc) is 2.75. The van der Waals surface area contributed by atoms with Crippen LogP contribution in [0.2, 0.25) is 0 Å². The Morgan fingerprint density at radius 3 is 2.55 bits per heavy atom. The second-order valence-corrected chi connectivity index (χ2v) is 7.70. The molecule has 2 rings (SSSR count). The van der Waals surface area contributed by atoms with Gasteiger partial charge in [0, 0.05) is 17.5 Å². The van der Waals surface area contributed by atoms with Gasteiger partial charge in [-0.1, -0.05) is 25.1 Å². The number of rotatable bonds is 4. The number of hydrogen-bond donors (Lipinski definition) is 2. The highest BCUT2D eigenvalue weighted by Crippen LogP contribution is 2.49. The highest BCUT2D eigenvalue weighted by atomic mass is 32.2. The van der Waals surface area contributed by atoms with E-state index < -0.39 is 26.7 Å². The number of aliphatic hydroxyl groups is 1. The molecule has 20 heavy (non-hydrogen) atoms. The van der Waals surface area contributed by atoms with E-state index in [1.807, 2.05) is 0 Å². The van der Waals surface area contributed by atoms with E-state index >= 15 is 0 Å². The molecule has 1 fully saturated rings. The fourth-order valence-electron chi connectivity index (χ4n) is 3.22. The van der Waals surface area contributed by atoms with Gasteiger partial charge in [0.25, 0.3) is 0 Å². The maximum absolute atomic E-state index is 14.1. The third-order valence-electron chi connectivity index (χ3n) is 4.49. The molecule has 0 spiro atoms. The van der Waals surface area contributed by atoms with E-state index in [-0.39, 0.29) is 36.5 Å². The van der Waals surface area contributed by atoms with E-state index in [4.69, 9.17) is 5.73 Å². The van der Waals surface area contributed by atoms with Gasteiger partial charge in [0.1, 0.15) is 5.82 Å². The second-order valence-electron chi connectivity index (χ2n) is 5.52. The summed E-state index contributed by atoms with van der Waals surface area (Å²) in [6, 6.07) is 5.94. The molecule has 2 unspecified atom stereocenters. The van der Waals surface area contributed by atoms with Crippen molar-refractivity contribution >= 4 is 9.84 Å². The van der Waals surface area contributed by atoms with E-state index in [1.54, 1.807) is 13.0 Å². The molecule has 0 saturated carbocycles. The molecule has 0 aliphatic carbocycles. The molecule has 1 aliphatic rings. The fraction of sp³-hybridized carbons (Fsp3) is 0.571. The van der Waals surface area contributed by atoms with E-state index in [9.17, 15) is 17.9 Å². The van der Waals surface area contributed by atoms with Crippen molar-refractivity contribution in [1.29, 1.82) is 0 Å². The molecule has 2 atom stereocenters. The third kappa shape index (κ3) is 2.25. The first-order valence-electron chi connectivity index (χ1n) is 6.68. The molecule has 0 aromatic heterocycles. The van der Waals surface area contributed by atoms with E-state index in [0.29, 0.717) is 0 Å². The Morgan fingerprint density at radius 1 is 1.45 bits per heavy atom. The number of halogens is 1. The van der Waals surface area contributed by atoms with Crippen LogP contribution >= 0.6 is 0 Å². The van der Waals surface area contributed by atoms with Crippen molar-refractivity contribution in [2.24, 2.45) is 11.1 Å². The SMILES string of the molecule is CCC(O)(c1ccccc1F)C1(CN)CCS(=O)(=O)C1. The number of nitrogens with two attached hydrogens (primary N) is 1. The summed E-state index contributed by atoms with van der Waals surface area (Å²) in [6.45, 7) is 1.72. The first-order chi connectivity index (χ1) is 9.30. The van der Waals surface area contributed by atoms with Gasteiger partial charge in [-0.05, 0) is 18.9 Å². The van der Waals surface area contributed by atoms with Crippen LogP contribution in [0.3, 0.4) is 0 Å². The Kier molecular flexibility index (Phi) is 3.92. The Bertz CT molecular complexity index is 604. The van der Waals surface area contributed by atoms with Crippen LogP contribution in [-0.2, 0) is 15.4 Å². The van der Waals surface area contributed by atoms with Crippen LogP contribution in [0, 0.1) is 11.2 Å². The molecule has 4 nitrogen and oxygen atoms in total. The maximum Gasteiger partial charge on any atom is 0.151 e. The topological polar surface area (TPSA) is 80.4 Å². The van der Waals surface area contributed by atoms with Crippen molar-refractivity contribution in [3.05, 3.63) is 35.6 Å². The number of hydrogen-bond acceptors (Lipinski definition) is 4. The summed E-state index contributed by atoms with van der Waals surface area (Å²) in [5.74, 6) is -0.746. The predicted molar refractivity (Wildman–Crippen MR) is 75.3 cm³/mol. The summed E-state index contributed by atoms with van der Waals surface area (Å²) in [5, 5.41) is 11.1. The molecule has 6 heteroatoms. The van der Waals surface area contributed by atoms with Crippen LogP contribution in [0.4, 0.5) is 4.39 Å². The van der Waals surface area contributed by atoms with Gasteiger partial charge in [-0.15, -0.1) is 0 Å². The van der Waals surface area contributed by atoms with Crippen LogP contribution in [0.5, 0.6) is 0 Å². The predicted octanol–water partition coefficient (Wildman–Crippen LogP) is 1.19. The van der Waals surface area contributed by atoms with Crippen LogP contribution < -0.4 is 5.73 Å². The molecule has 0 bridgehead atoms.